The first-order valence-corrected chi connectivity index (χ1v) is 7.72. The molecule has 1 aliphatic rings. The Labute approximate surface area is 137 Å². The molecule has 0 aliphatic carbocycles. The van der Waals surface area contributed by atoms with Gasteiger partial charge in [0, 0.05) is 0 Å². The Morgan fingerprint density at radius 2 is 1.79 bits per heavy atom. The maximum absolute atomic E-state index is 14.3. The summed E-state index contributed by atoms with van der Waals surface area (Å²) < 4.78 is 22.1. The number of rotatable bonds is 4. The van der Waals surface area contributed by atoms with Crippen LogP contribution in [0.2, 0.25) is 0 Å². The molecule has 0 N–H and O–H groups in total. The minimum absolute atomic E-state index is 0.104. The number of alkyl halides is 1. The summed E-state index contributed by atoms with van der Waals surface area (Å²) in [5.74, 6) is 0. The highest BCUT2D eigenvalue weighted by atomic mass is 19.1. The van der Waals surface area contributed by atoms with Crippen LogP contribution in [0.5, 0.6) is 0 Å². The highest BCUT2D eigenvalue weighted by Gasteiger charge is 2.40. The highest BCUT2D eigenvalue weighted by Crippen LogP contribution is 2.33. The maximum Gasteiger partial charge on any atom is 0.350 e. The van der Waals surface area contributed by atoms with Crippen molar-refractivity contribution in [2.75, 3.05) is 13.2 Å². The molecular weight excluding hydrogens is 309 g/mol. The van der Waals surface area contributed by atoms with Gasteiger partial charge in [0.2, 0.25) is 0 Å². The first-order valence-electron chi connectivity index (χ1n) is 7.72. The Balaban J connectivity index is 1.56. The molecule has 0 atom stereocenters. The molecule has 1 saturated heterocycles. The third-order valence-corrected chi connectivity index (χ3v) is 4.23. The molecule has 0 bridgehead atoms. The van der Waals surface area contributed by atoms with Crippen molar-refractivity contribution in [1.29, 1.82) is 0 Å². The van der Waals surface area contributed by atoms with Crippen LogP contribution in [0.15, 0.2) is 65.7 Å². The molecule has 1 fully saturated rings. The van der Waals surface area contributed by atoms with E-state index in [4.69, 9.17) is 4.74 Å². The number of aromatic nitrogens is 3. The summed E-state index contributed by atoms with van der Waals surface area (Å²) in [5.41, 5.74) is 0.695. The smallest absolute Gasteiger partial charge is 0.350 e. The molecular formula is C18H16FN3O2. The zero-order chi connectivity index (χ0) is 16.6. The third kappa shape index (κ3) is 2.55. The van der Waals surface area contributed by atoms with Crippen LogP contribution in [-0.4, -0.2) is 27.6 Å². The molecule has 122 valence electrons. The van der Waals surface area contributed by atoms with E-state index >= 15 is 0 Å². The van der Waals surface area contributed by atoms with E-state index in [-0.39, 0.29) is 18.9 Å². The number of para-hydroxylation sites is 1. The molecule has 2 heterocycles. The van der Waals surface area contributed by atoms with Crippen LogP contribution in [0.4, 0.5) is 4.39 Å². The van der Waals surface area contributed by atoms with E-state index < -0.39 is 5.67 Å². The molecule has 0 unspecified atom stereocenters. The predicted molar refractivity (Wildman–Crippen MR) is 87.0 cm³/mol. The number of hydrogen-bond acceptors (Lipinski definition) is 3. The molecule has 2 aromatic carbocycles. The van der Waals surface area contributed by atoms with E-state index in [2.05, 4.69) is 5.10 Å². The van der Waals surface area contributed by atoms with Gasteiger partial charge in [-0.15, -0.1) is 0 Å². The van der Waals surface area contributed by atoms with Gasteiger partial charge in [-0.05, 0) is 23.3 Å². The molecule has 4 rings (SSSR count). The van der Waals surface area contributed by atoms with Crippen LogP contribution in [0.3, 0.4) is 0 Å². The van der Waals surface area contributed by atoms with Gasteiger partial charge >= 0.3 is 5.69 Å². The van der Waals surface area contributed by atoms with Crippen LogP contribution < -0.4 is 5.69 Å². The van der Waals surface area contributed by atoms with E-state index in [0.717, 1.165) is 11.3 Å². The van der Waals surface area contributed by atoms with Crippen LogP contribution in [0, 0.1) is 0 Å². The van der Waals surface area contributed by atoms with E-state index in [1.807, 2.05) is 42.5 Å². The summed E-state index contributed by atoms with van der Waals surface area (Å²) in [5, 5.41) is 4.16. The molecule has 6 heteroatoms. The van der Waals surface area contributed by atoms with Crippen LogP contribution >= 0.6 is 0 Å². The normalized spacial score (nSPS) is 15.9. The Morgan fingerprint density at radius 3 is 2.42 bits per heavy atom. The first-order chi connectivity index (χ1) is 11.7. The standard InChI is InChI=1S/C18H16FN3O2/c19-18(11-24-12-18)15-8-6-14(7-9-15)10-22-17(23)21(13-20-22)16-4-2-1-3-5-16/h1-9,13H,10-12H2. The molecule has 24 heavy (non-hydrogen) atoms. The summed E-state index contributed by atoms with van der Waals surface area (Å²) in [4.78, 5) is 12.4. The van der Waals surface area contributed by atoms with Gasteiger partial charge in [0.1, 0.15) is 6.33 Å². The second-order valence-corrected chi connectivity index (χ2v) is 5.93. The van der Waals surface area contributed by atoms with Gasteiger partial charge in [-0.1, -0.05) is 42.5 Å². The zero-order valence-electron chi connectivity index (χ0n) is 12.9. The monoisotopic (exact) mass is 325 g/mol. The molecule has 0 spiro atoms. The zero-order valence-corrected chi connectivity index (χ0v) is 12.9. The minimum atomic E-state index is -1.37. The first kappa shape index (κ1) is 14.8. The van der Waals surface area contributed by atoms with E-state index in [0.29, 0.717) is 12.1 Å². The fraction of sp³-hybridized carbons (Fsp3) is 0.222. The number of halogens is 1. The van der Waals surface area contributed by atoms with Gasteiger partial charge < -0.3 is 4.74 Å². The fourth-order valence-electron chi connectivity index (χ4n) is 2.74. The Morgan fingerprint density at radius 1 is 1.08 bits per heavy atom. The van der Waals surface area contributed by atoms with Crippen molar-refractivity contribution < 1.29 is 9.13 Å². The topological polar surface area (TPSA) is 49.0 Å². The van der Waals surface area contributed by atoms with Crippen molar-refractivity contribution in [3.8, 4) is 5.69 Å². The maximum atomic E-state index is 14.3. The molecule has 0 radical (unpaired) electrons. The van der Waals surface area contributed by atoms with Crippen LogP contribution in [0.25, 0.3) is 5.69 Å². The summed E-state index contributed by atoms with van der Waals surface area (Å²) in [6.45, 7) is 0.551. The van der Waals surface area contributed by atoms with Crippen LogP contribution in [-0.2, 0) is 17.0 Å². The third-order valence-electron chi connectivity index (χ3n) is 4.23. The van der Waals surface area contributed by atoms with E-state index in [1.54, 1.807) is 12.1 Å². The average Bonchev–Trinajstić information content (AvgIpc) is 2.95. The van der Waals surface area contributed by atoms with Gasteiger partial charge in [-0.2, -0.15) is 5.10 Å². The number of benzene rings is 2. The van der Waals surface area contributed by atoms with Crippen LogP contribution in [0.1, 0.15) is 11.1 Å². The minimum Gasteiger partial charge on any atom is -0.374 e. The summed E-state index contributed by atoms with van der Waals surface area (Å²) >= 11 is 0. The van der Waals surface area contributed by atoms with E-state index in [1.165, 1.54) is 15.6 Å². The SMILES string of the molecule is O=c1n(-c2ccccc2)cnn1Cc1ccc(C2(F)COC2)cc1. The van der Waals surface area contributed by atoms with Gasteiger partial charge in [0.05, 0.1) is 25.4 Å². The molecule has 5 nitrogen and oxygen atoms in total. The highest BCUT2D eigenvalue weighted by molar-refractivity contribution is 5.31. The molecule has 1 aromatic heterocycles. The molecule has 3 aromatic rings. The number of ether oxygens (including phenoxy) is 1. The largest absolute Gasteiger partial charge is 0.374 e. The number of nitrogens with zero attached hydrogens (tertiary/aromatic N) is 3. The lowest BCUT2D eigenvalue weighted by molar-refractivity contribution is -0.135. The second-order valence-electron chi connectivity index (χ2n) is 5.93. The lowest BCUT2D eigenvalue weighted by Crippen LogP contribution is -2.42. The van der Waals surface area contributed by atoms with Gasteiger partial charge in [-0.3, -0.25) is 0 Å². The van der Waals surface area contributed by atoms with Crippen molar-refractivity contribution in [2.45, 2.75) is 12.2 Å². The molecule has 1 aliphatic heterocycles. The predicted octanol–water partition coefficient (Wildman–Crippen LogP) is 2.28. The Bertz CT molecular complexity index is 896. The average molecular weight is 325 g/mol. The second kappa shape index (κ2) is 5.72. The summed E-state index contributed by atoms with van der Waals surface area (Å²) in [6.07, 6.45) is 1.51. The van der Waals surface area contributed by atoms with E-state index in [9.17, 15) is 9.18 Å². The Kier molecular flexibility index (Phi) is 3.54. The van der Waals surface area contributed by atoms with Crippen molar-refractivity contribution >= 4 is 0 Å². The van der Waals surface area contributed by atoms with Crippen molar-refractivity contribution in [2.24, 2.45) is 0 Å². The lowest BCUT2D eigenvalue weighted by atomic mass is 9.93. The summed E-state index contributed by atoms with van der Waals surface area (Å²) in [6, 6.07) is 16.5. The van der Waals surface area contributed by atoms with Crippen molar-refractivity contribution in [3.05, 3.63) is 82.5 Å². The van der Waals surface area contributed by atoms with Gasteiger partial charge in [0.15, 0.2) is 5.67 Å². The van der Waals surface area contributed by atoms with Crippen molar-refractivity contribution in [1.82, 2.24) is 14.3 Å². The fourth-order valence-corrected chi connectivity index (χ4v) is 2.74. The van der Waals surface area contributed by atoms with Gasteiger partial charge in [0.25, 0.3) is 0 Å². The Hall–Kier alpha value is -2.73. The lowest BCUT2D eigenvalue weighted by Gasteiger charge is -2.34. The van der Waals surface area contributed by atoms with Gasteiger partial charge in [-0.25, -0.2) is 18.4 Å². The summed E-state index contributed by atoms with van der Waals surface area (Å²) in [7, 11) is 0. The number of hydrogen-bond donors (Lipinski definition) is 0. The van der Waals surface area contributed by atoms with Crippen molar-refractivity contribution in [3.63, 3.8) is 0 Å². The molecule has 0 amide bonds. The molecule has 0 saturated carbocycles. The quantitative estimate of drug-likeness (QED) is 0.739.